The van der Waals surface area contributed by atoms with E-state index in [9.17, 15) is 9.59 Å². The van der Waals surface area contributed by atoms with Gasteiger partial charge in [0, 0.05) is 19.5 Å². The summed E-state index contributed by atoms with van der Waals surface area (Å²) in [4.78, 5) is 27.6. The molecule has 1 heterocycles. The number of para-hydroxylation sites is 2. The Hall–Kier alpha value is -2.93. The molecule has 6 nitrogen and oxygen atoms in total. The summed E-state index contributed by atoms with van der Waals surface area (Å²) >= 11 is 5.25. The molecule has 2 N–H and O–H groups in total. The summed E-state index contributed by atoms with van der Waals surface area (Å²) in [7, 11) is 0. The molecule has 2 aromatic carbocycles. The van der Waals surface area contributed by atoms with Crippen molar-refractivity contribution in [1.82, 2.24) is 14.9 Å². The normalized spacial score (nSPS) is 10.7. The van der Waals surface area contributed by atoms with Crippen molar-refractivity contribution in [2.24, 2.45) is 0 Å². The van der Waals surface area contributed by atoms with Crippen LogP contribution in [0.1, 0.15) is 12.8 Å². The van der Waals surface area contributed by atoms with Crippen LogP contribution in [-0.4, -0.2) is 28.6 Å². The number of carbonyl (C=O) groups is 1. The third kappa shape index (κ3) is 5.04. The number of benzene rings is 2. The van der Waals surface area contributed by atoms with Crippen LogP contribution < -0.4 is 15.6 Å². The SMILES string of the molecule is O=C(CCn1c(=S)[nH]c2ccccc2c1=O)NCCCOc1ccccc1. The van der Waals surface area contributed by atoms with Gasteiger partial charge in [-0.1, -0.05) is 30.3 Å². The average molecular weight is 383 g/mol. The molecule has 0 spiro atoms. The maximum Gasteiger partial charge on any atom is 0.262 e. The Bertz CT molecular complexity index is 1030. The van der Waals surface area contributed by atoms with E-state index < -0.39 is 0 Å². The molecule has 7 heteroatoms. The average Bonchev–Trinajstić information content (AvgIpc) is 2.68. The maximum atomic E-state index is 12.5. The lowest BCUT2D eigenvalue weighted by atomic mass is 10.2. The molecule has 0 aliphatic heterocycles. The molecule has 1 amide bonds. The van der Waals surface area contributed by atoms with Gasteiger partial charge in [-0.05, 0) is 42.9 Å². The van der Waals surface area contributed by atoms with Gasteiger partial charge >= 0.3 is 0 Å². The molecule has 0 saturated heterocycles. The highest BCUT2D eigenvalue weighted by molar-refractivity contribution is 7.71. The molecule has 27 heavy (non-hydrogen) atoms. The summed E-state index contributed by atoms with van der Waals surface area (Å²) in [5.41, 5.74) is 0.519. The second kappa shape index (κ2) is 9.14. The van der Waals surface area contributed by atoms with Crippen molar-refractivity contribution in [3.05, 3.63) is 69.7 Å². The van der Waals surface area contributed by atoms with Gasteiger partial charge < -0.3 is 15.0 Å². The van der Waals surface area contributed by atoms with Gasteiger partial charge in [-0.25, -0.2) is 0 Å². The van der Waals surface area contributed by atoms with Crippen LogP contribution in [0.4, 0.5) is 0 Å². The number of H-pyrrole nitrogens is 1. The Balaban J connectivity index is 1.46. The zero-order chi connectivity index (χ0) is 19.1. The van der Waals surface area contributed by atoms with Crippen molar-refractivity contribution < 1.29 is 9.53 Å². The monoisotopic (exact) mass is 383 g/mol. The van der Waals surface area contributed by atoms with Crippen LogP contribution in [0.25, 0.3) is 10.9 Å². The minimum Gasteiger partial charge on any atom is -0.494 e. The Kier molecular flexibility index (Phi) is 6.38. The number of nitrogens with zero attached hydrogens (tertiary/aromatic N) is 1. The highest BCUT2D eigenvalue weighted by Crippen LogP contribution is 2.08. The number of rotatable bonds is 8. The van der Waals surface area contributed by atoms with Gasteiger partial charge in [0.25, 0.3) is 5.56 Å². The predicted molar refractivity (Wildman–Crippen MR) is 108 cm³/mol. The van der Waals surface area contributed by atoms with Crippen LogP contribution in [0, 0.1) is 4.77 Å². The first kappa shape index (κ1) is 18.8. The van der Waals surface area contributed by atoms with Crippen LogP contribution >= 0.6 is 12.2 Å². The molecule has 3 rings (SSSR count). The van der Waals surface area contributed by atoms with E-state index in [1.807, 2.05) is 36.4 Å². The van der Waals surface area contributed by atoms with E-state index in [4.69, 9.17) is 17.0 Å². The highest BCUT2D eigenvalue weighted by Gasteiger charge is 2.07. The molecule has 0 fully saturated rings. The number of aromatic nitrogens is 2. The lowest BCUT2D eigenvalue weighted by molar-refractivity contribution is -0.121. The van der Waals surface area contributed by atoms with E-state index in [0.29, 0.717) is 35.2 Å². The Morgan fingerprint density at radius 2 is 1.85 bits per heavy atom. The lowest BCUT2D eigenvalue weighted by Crippen LogP contribution is -2.29. The molecular weight excluding hydrogens is 362 g/mol. The topological polar surface area (TPSA) is 76.1 Å². The van der Waals surface area contributed by atoms with E-state index in [-0.39, 0.29) is 24.4 Å². The zero-order valence-electron chi connectivity index (χ0n) is 14.8. The zero-order valence-corrected chi connectivity index (χ0v) is 15.6. The number of hydrogen-bond acceptors (Lipinski definition) is 4. The summed E-state index contributed by atoms with van der Waals surface area (Å²) < 4.78 is 7.32. The van der Waals surface area contributed by atoms with Crippen molar-refractivity contribution in [3.8, 4) is 5.75 Å². The molecule has 0 aliphatic rings. The first-order chi connectivity index (χ1) is 13.1. The number of fused-ring (bicyclic) bond motifs is 1. The molecule has 1 aromatic heterocycles. The third-order valence-corrected chi connectivity index (χ3v) is 4.43. The summed E-state index contributed by atoms with van der Waals surface area (Å²) in [6.45, 7) is 1.29. The standard InChI is InChI=1S/C20H21N3O3S/c24-18(21-12-6-14-26-15-7-2-1-3-8-15)11-13-23-19(25)16-9-4-5-10-17(16)22-20(23)27/h1-5,7-10H,6,11-14H2,(H,21,24)(H,22,27). The van der Waals surface area contributed by atoms with Gasteiger partial charge in [0.1, 0.15) is 5.75 Å². The Morgan fingerprint density at radius 1 is 1.11 bits per heavy atom. The molecular formula is C20H21N3O3S. The first-order valence-corrected chi connectivity index (χ1v) is 9.22. The molecule has 0 aliphatic carbocycles. The predicted octanol–water partition coefficient (Wildman–Crippen LogP) is 3.03. The van der Waals surface area contributed by atoms with E-state index in [1.54, 1.807) is 18.2 Å². The maximum absolute atomic E-state index is 12.5. The number of aromatic amines is 1. The largest absolute Gasteiger partial charge is 0.494 e. The minimum atomic E-state index is -0.182. The molecule has 0 bridgehead atoms. The van der Waals surface area contributed by atoms with Crippen LogP contribution in [0.3, 0.4) is 0 Å². The number of hydrogen-bond donors (Lipinski definition) is 2. The van der Waals surface area contributed by atoms with E-state index >= 15 is 0 Å². The summed E-state index contributed by atoms with van der Waals surface area (Å²) in [6.07, 6.45) is 0.895. The molecule has 0 radical (unpaired) electrons. The molecule has 3 aromatic rings. The lowest BCUT2D eigenvalue weighted by Gasteiger charge is -2.09. The molecule has 0 atom stereocenters. The van der Waals surface area contributed by atoms with Gasteiger partial charge in [0.2, 0.25) is 5.91 Å². The molecule has 0 unspecified atom stereocenters. The second-order valence-corrected chi connectivity index (χ2v) is 6.43. The molecule has 140 valence electrons. The fourth-order valence-corrected chi connectivity index (χ4v) is 2.99. The van der Waals surface area contributed by atoms with E-state index in [2.05, 4.69) is 10.3 Å². The van der Waals surface area contributed by atoms with Crippen LogP contribution in [0.15, 0.2) is 59.4 Å². The molecule has 0 saturated carbocycles. The van der Waals surface area contributed by atoms with Gasteiger partial charge in [-0.15, -0.1) is 0 Å². The van der Waals surface area contributed by atoms with Crippen LogP contribution in [0.2, 0.25) is 0 Å². The quantitative estimate of drug-likeness (QED) is 0.463. The smallest absolute Gasteiger partial charge is 0.262 e. The van der Waals surface area contributed by atoms with Crippen LogP contribution in [-0.2, 0) is 11.3 Å². The summed E-state index contributed by atoms with van der Waals surface area (Å²) in [5.74, 6) is 0.693. The van der Waals surface area contributed by atoms with Crippen LogP contribution in [0.5, 0.6) is 5.75 Å². The Morgan fingerprint density at radius 3 is 2.67 bits per heavy atom. The number of carbonyl (C=O) groups excluding carboxylic acids is 1. The minimum absolute atomic E-state index is 0.121. The van der Waals surface area contributed by atoms with Crippen molar-refractivity contribution in [3.63, 3.8) is 0 Å². The van der Waals surface area contributed by atoms with Crippen molar-refractivity contribution in [2.75, 3.05) is 13.2 Å². The van der Waals surface area contributed by atoms with Crippen molar-refractivity contribution in [1.29, 1.82) is 0 Å². The van der Waals surface area contributed by atoms with Gasteiger partial charge in [-0.3, -0.25) is 14.2 Å². The second-order valence-electron chi connectivity index (χ2n) is 6.05. The number of ether oxygens (including phenoxy) is 1. The summed E-state index contributed by atoms with van der Waals surface area (Å²) in [6, 6.07) is 16.7. The fraction of sp³-hybridized carbons (Fsp3) is 0.250. The van der Waals surface area contributed by atoms with Crippen molar-refractivity contribution in [2.45, 2.75) is 19.4 Å². The third-order valence-electron chi connectivity index (χ3n) is 4.11. The fourth-order valence-electron chi connectivity index (χ4n) is 2.71. The van der Waals surface area contributed by atoms with E-state index in [0.717, 1.165) is 5.75 Å². The number of amides is 1. The summed E-state index contributed by atoms with van der Waals surface area (Å²) in [5, 5.41) is 3.40. The van der Waals surface area contributed by atoms with Gasteiger partial charge in [0.05, 0.1) is 17.5 Å². The first-order valence-electron chi connectivity index (χ1n) is 8.81. The van der Waals surface area contributed by atoms with Gasteiger partial charge in [-0.2, -0.15) is 0 Å². The Labute approximate surface area is 161 Å². The highest BCUT2D eigenvalue weighted by atomic mass is 32.1. The van der Waals surface area contributed by atoms with Crippen molar-refractivity contribution >= 4 is 29.0 Å². The number of nitrogens with one attached hydrogen (secondary N) is 2. The van der Waals surface area contributed by atoms with E-state index in [1.165, 1.54) is 4.57 Å². The van der Waals surface area contributed by atoms with Gasteiger partial charge in [0.15, 0.2) is 4.77 Å².